The van der Waals surface area contributed by atoms with Crippen LogP contribution in [0.4, 0.5) is 11.4 Å². The Balaban J connectivity index is 2.17. The molecule has 0 aliphatic heterocycles. The molecule has 0 spiro atoms. The fourth-order valence-corrected chi connectivity index (χ4v) is 1.33. The van der Waals surface area contributed by atoms with Gasteiger partial charge in [-0.15, -0.1) is 0 Å². The number of carbonyl (C=O) groups is 1. The van der Waals surface area contributed by atoms with Crippen molar-refractivity contribution in [3.8, 4) is 5.75 Å². The molecule has 0 aliphatic rings. The molecule has 2 rings (SSSR count). The molecular weight excluding hydrogens is 218 g/mol. The maximum Gasteiger partial charge on any atom is 0.278 e. The van der Waals surface area contributed by atoms with Gasteiger partial charge in [-0.3, -0.25) is 4.79 Å². The van der Waals surface area contributed by atoms with Gasteiger partial charge in [0.2, 0.25) is 0 Å². The largest absolute Gasteiger partial charge is 0.505 e. The Morgan fingerprint density at radius 2 is 1.94 bits per heavy atom. The van der Waals surface area contributed by atoms with Crippen LogP contribution in [0.5, 0.6) is 5.75 Å². The van der Waals surface area contributed by atoms with E-state index in [4.69, 9.17) is 5.73 Å². The van der Waals surface area contributed by atoms with Crippen molar-refractivity contribution in [2.45, 2.75) is 0 Å². The van der Waals surface area contributed by atoms with Crippen molar-refractivity contribution >= 4 is 17.3 Å². The van der Waals surface area contributed by atoms with Crippen LogP contribution >= 0.6 is 0 Å². The molecule has 0 saturated heterocycles. The van der Waals surface area contributed by atoms with Gasteiger partial charge in [-0.05, 0) is 36.4 Å². The average Bonchev–Trinajstić information content (AvgIpc) is 2.32. The average molecular weight is 229 g/mol. The van der Waals surface area contributed by atoms with E-state index in [2.05, 4.69) is 10.3 Å². The van der Waals surface area contributed by atoms with Gasteiger partial charge < -0.3 is 16.2 Å². The first-order chi connectivity index (χ1) is 8.16. The molecule has 86 valence electrons. The number of amides is 1. The highest BCUT2D eigenvalue weighted by Crippen LogP contribution is 2.16. The lowest BCUT2D eigenvalue weighted by atomic mass is 10.2. The van der Waals surface area contributed by atoms with Gasteiger partial charge in [0, 0.05) is 17.6 Å². The summed E-state index contributed by atoms with van der Waals surface area (Å²) in [5.74, 6) is -0.617. The maximum absolute atomic E-state index is 11.8. The lowest BCUT2D eigenvalue weighted by Crippen LogP contribution is -2.13. The van der Waals surface area contributed by atoms with E-state index in [9.17, 15) is 9.90 Å². The van der Waals surface area contributed by atoms with Crippen molar-refractivity contribution in [2.24, 2.45) is 0 Å². The first-order valence-electron chi connectivity index (χ1n) is 4.97. The zero-order valence-electron chi connectivity index (χ0n) is 8.92. The van der Waals surface area contributed by atoms with Gasteiger partial charge in [-0.25, -0.2) is 4.98 Å². The molecule has 0 aliphatic carbocycles. The Morgan fingerprint density at radius 3 is 2.59 bits per heavy atom. The highest BCUT2D eigenvalue weighted by Gasteiger charge is 2.11. The van der Waals surface area contributed by atoms with Gasteiger partial charge in [-0.2, -0.15) is 0 Å². The Labute approximate surface area is 97.9 Å². The molecule has 1 aromatic carbocycles. The van der Waals surface area contributed by atoms with E-state index in [1.807, 2.05) is 0 Å². The fourth-order valence-electron chi connectivity index (χ4n) is 1.33. The number of nitrogen functional groups attached to an aromatic ring is 1. The van der Waals surface area contributed by atoms with Crippen LogP contribution < -0.4 is 11.1 Å². The first-order valence-corrected chi connectivity index (χ1v) is 4.97. The predicted molar refractivity (Wildman–Crippen MR) is 64.7 cm³/mol. The molecule has 17 heavy (non-hydrogen) atoms. The van der Waals surface area contributed by atoms with Gasteiger partial charge in [0.05, 0.1) is 0 Å². The molecule has 1 heterocycles. The second-order valence-electron chi connectivity index (χ2n) is 3.45. The number of hydrogen-bond donors (Lipinski definition) is 3. The SMILES string of the molecule is Nc1ccc(NC(=O)c2ncccc2O)cc1. The van der Waals surface area contributed by atoms with Crippen LogP contribution in [0.25, 0.3) is 0 Å². The number of pyridine rings is 1. The molecule has 0 bridgehead atoms. The van der Waals surface area contributed by atoms with Gasteiger partial charge in [0.1, 0.15) is 5.75 Å². The summed E-state index contributed by atoms with van der Waals surface area (Å²) in [5, 5.41) is 12.1. The highest BCUT2D eigenvalue weighted by atomic mass is 16.3. The van der Waals surface area contributed by atoms with Gasteiger partial charge in [-0.1, -0.05) is 0 Å². The van der Waals surface area contributed by atoms with Crippen LogP contribution in [-0.4, -0.2) is 16.0 Å². The second-order valence-corrected chi connectivity index (χ2v) is 3.45. The van der Waals surface area contributed by atoms with Crippen molar-refractivity contribution in [1.29, 1.82) is 0 Å². The number of anilines is 2. The first kappa shape index (κ1) is 10.9. The molecule has 0 atom stereocenters. The Bertz CT molecular complexity index is 538. The van der Waals surface area contributed by atoms with Crippen LogP contribution in [0, 0.1) is 0 Å². The molecule has 0 fully saturated rings. The van der Waals surface area contributed by atoms with Crippen LogP contribution in [-0.2, 0) is 0 Å². The molecule has 5 heteroatoms. The summed E-state index contributed by atoms with van der Waals surface area (Å²) >= 11 is 0. The zero-order valence-corrected chi connectivity index (χ0v) is 8.92. The van der Waals surface area contributed by atoms with Gasteiger partial charge in [0.25, 0.3) is 5.91 Å². The summed E-state index contributed by atoms with van der Waals surface area (Å²) in [5.41, 5.74) is 6.72. The van der Waals surface area contributed by atoms with E-state index in [1.165, 1.54) is 12.3 Å². The second kappa shape index (κ2) is 4.52. The number of nitrogens with two attached hydrogens (primary N) is 1. The third kappa shape index (κ3) is 2.52. The van der Waals surface area contributed by atoms with Crippen molar-refractivity contribution in [3.63, 3.8) is 0 Å². The summed E-state index contributed by atoms with van der Waals surface area (Å²) in [6.07, 6.45) is 1.44. The van der Waals surface area contributed by atoms with Crippen molar-refractivity contribution in [1.82, 2.24) is 4.98 Å². The van der Waals surface area contributed by atoms with Crippen molar-refractivity contribution in [2.75, 3.05) is 11.1 Å². The van der Waals surface area contributed by atoms with E-state index in [0.29, 0.717) is 11.4 Å². The standard InChI is InChI=1S/C12H11N3O2/c13-8-3-5-9(6-4-8)15-12(17)11-10(16)2-1-7-14-11/h1-7,16H,13H2,(H,15,17). The number of aromatic nitrogens is 1. The number of benzene rings is 1. The van der Waals surface area contributed by atoms with Gasteiger partial charge >= 0.3 is 0 Å². The van der Waals surface area contributed by atoms with E-state index in [0.717, 1.165) is 0 Å². The van der Waals surface area contributed by atoms with Crippen molar-refractivity contribution in [3.05, 3.63) is 48.3 Å². The quantitative estimate of drug-likeness (QED) is 0.683. The molecular formula is C12H11N3O2. The van der Waals surface area contributed by atoms with E-state index < -0.39 is 5.91 Å². The molecule has 5 nitrogen and oxygen atoms in total. The lowest BCUT2D eigenvalue weighted by Gasteiger charge is -2.05. The molecule has 2 aromatic rings. The minimum atomic E-state index is -0.465. The molecule has 0 unspecified atom stereocenters. The summed E-state index contributed by atoms with van der Waals surface area (Å²) in [6, 6.07) is 9.66. The Kier molecular flexibility index (Phi) is 2.91. The lowest BCUT2D eigenvalue weighted by molar-refractivity contribution is 0.101. The highest BCUT2D eigenvalue weighted by molar-refractivity contribution is 6.04. The van der Waals surface area contributed by atoms with E-state index in [-0.39, 0.29) is 11.4 Å². The van der Waals surface area contributed by atoms with E-state index in [1.54, 1.807) is 30.3 Å². The normalized spacial score (nSPS) is 9.88. The predicted octanol–water partition coefficient (Wildman–Crippen LogP) is 1.62. The van der Waals surface area contributed by atoms with Crippen LogP contribution in [0.2, 0.25) is 0 Å². The van der Waals surface area contributed by atoms with Crippen molar-refractivity contribution < 1.29 is 9.90 Å². The minimum Gasteiger partial charge on any atom is -0.505 e. The summed E-state index contributed by atoms with van der Waals surface area (Å²) in [6.45, 7) is 0. The van der Waals surface area contributed by atoms with Crippen LogP contribution in [0.15, 0.2) is 42.6 Å². The number of nitrogens with one attached hydrogen (secondary N) is 1. The molecule has 1 aromatic heterocycles. The molecule has 1 amide bonds. The summed E-state index contributed by atoms with van der Waals surface area (Å²) < 4.78 is 0. The molecule has 0 saturated carbocycles. The number of carbonyl (C=O) groups excluding carboxylic acids is 1. The maximum atomic E-state index is 11.8. The Hall–Kier alpha value is -2.56. The number of nitrogens with zero attached hydrogens (tertiary/aromatic N) is 1. The number of rotatable bonds is 2. The fraction of sp³-hybridized carbons (Fsp3) is 0. The molecule has 0 radical (unpaired) electrons. The Morgan fingerprint density at radius 1 is 1.24 bits per heavy atom. The minimum absolute atomic E-state index is 0.00988. The third-order valence-electron chi connectivity index (χ3n) is 2.17. The topological polar surface area (TPSA) is 88.2 Å². The summed E-state index contributed by atoms with van der Waals surface area (Å²) in [4.78, 5) is 15.6. The van der Waals surface area contributed by atoms with Gasteiger partial charge in [0.15, 0.2) is 5.69 Å². The zero-order chi connectivity index (χ0) is 12.3. The van der Waals surface area contributed by atoms with Crippen LogP contribution in [0.1, 0.15) is 10.5 Å². The smallest absolute Gasteiger partial charge is 0.278 e. The number of hydrogen-bond acceptors (Lipinski definition) is 4. The monoisotopic (exact) mass is 229 g/mol. The number of aromatic hydroxyl groups is 1. The van der Waals surface area contributed by atoms with E-state index >= 15 is 0 Å². The third-order valence-corrected chi connectivity index (χ3v) is 2.17. The van der Waals surface area contributed by atoms with Crippen LogP contribution in [0.3, 0.4) is 0 Å². The molecule has 4 N–H and O–H groups in total. The summed E-state index contributed by atoms with van der Waals surface area (Å²) in [7, 11) is 0.